The van der Waals surface area contributed by atoms with E-state index < -0.39 is 0 Å². The summed E-state index contributed by atoms with van der Waals surface area (Å²) < 4.78 is 0. The van der Waals surface area contributed by atoms with Crippen LogP contribution in [0.5, 0.6) is 0 Å². The van der Waals surface area contributed by atoms with Crippen molar-refractivity contribution in [3.05, 3.63) is 54.6 Å². The summed E-state index contributed by atoms with van der Waals surface area (Å²) in [6, 6.07) is 17.6. The highest BCUT2D eigenvalue weighted by atomic mass is 16.2. The molecule has 0 aliphatic carbocycles. The van der Waals surface area contributed by atoms with E-state index in [0.717, 1.165) is 43.9 Å². The number of piperidine rings is 1. The number of carbonyl (C=O) groups is 2. The van der Waals surface area contributed by atoms with Gasteiger partial charge in [-0.05, 0) is 68.6 Å². The lowest BCUT2D eigenvalue weighted by Crippen LogP contribution is -2.43. The number of nitrogens with one attached hydrogen (secondary N) is 2. The van der Waals surface area contributed by atoms with Gasteiger partial charge in [0.1, 0.15) is 0 Å². The number of benzene rings is 2. The second-order valence-electron chi connectivity index (χ2n) is 8.22. The molecule has 2 heterocycles. The molecular weight excluding hydrogens is 376 g/mol. The summed E-state index contributed by atoms with van der Waals surface area (Å²) >= 11 is 0. The fraction of sp³-hybridized carbons (Fsp3) is 0.417. The molecule has 2 aromatic rings. The van der Waals surface area contributed by atoms with Crippen LogP contribution < -0.4 is 15.5 Å². The number of rotatable bonds is 6. The number of anilines is 3. The van der Waals surface area contributed by atoms with Crippen LogP contribution in [0.15, 0.2) is 54.6 Å². The number of hydrogen-bond donors (Lipinski definition) is 2. The summed E-state index contributed by atoms with van der Waals surface area (Å²) in [7, 11) is 0. The Bertz CT molecular complexity index is 847. The van der Waals surface area contributed by atoms with Gasteiger partial charge in [-0.3, -0.25) is 14.5 Å². The van der Waals surface area contributed by atoms with Gasteiger partial charge >= 0.3 is 0 Å². The molecule has 2 amide bonds. The van der Waals surface area contributed by atoms with Crippen molar-refractivity contribution in [3.63, 3.8) is 0 Å². The highest BCUT2D eigenvalue weighted by molar-refractivity contribution is 5.93. The normalized spacial score (nSPS) is 19.5. The first-order chi connectivity index (χ1) is 14.7. The van der Waals surface area contributed by atoms with Gasteiger partial charge in [-0.1, -0.05) is 18.2 Å². The average molecular weight is 407 g/mol. The molecule has 0 saturated carbocycles. The van der Waals surface area contributed by atoms with Crippen molar-refractivity contribution in [2.45, 2.75) is 25.7 Å². The Kier molecular flexibility index (Phi) is 6.64. The summed E-state index contributed by atoms with van der Waals surface area (Å²) in [5, 5.41) is 5.97. The Morgan fingerprint density at radius 3 is 2.27 bits per heavy atom. The number of carbonyl (C=O) groups excluding carboxylic acids is 2. The number of para-hydroxylation sites is 1. The summed E-state index contributed by atoms with van der Waals surface area (Å²) in [5.41, 5.74) is 2.85. The molecule has 0 bridgehead atoms. The quantitative estimate of drug-likeness (QED) is 0.770. The van der Waals surface area contributed by atoms with Gasteiger partial charge in [0.2, 0.25) is 11.8 Å². The highest BCUT2D eigenvalue weighted by Crippen LogP contribution is 2.22. The lowest BCUT2D eigenvalue weighted by molar-refractivity contribution is -0.123. The summed E-state index contributed by atoms with van der Waals surface area (Å²) in [4.78, 5) is 29.6. The van der Waals surface area contributed by atoms with Crippen molar-refractivity contribution in [2.75, 3.05) is 48.3 Å². The minimum absolute atomic E-state index is 0.0313. The smallest absolute Gasteiger partial charge is 0.238 e. The Morgan fingerprint density at radius 2 is 1.53 bits per heavy atom. The molecule has 2 fully saturated rings. The topological polar surface area (TPSA) is 64.7 Å². The van der Waals surface area contributed by atoms with Gasteiger partial charge in [-0.2, -0.15) is 0 Å². The summed E-state index contributed by atoms with van der Waals surface area (Å²) in [6.45, 7) is 3.98. The van der Waals surface area contributed by atoms with Gasteiger partial charge in [0, 0.05) is 36.7 Å². The lowest BCUT2D eigenvalue weighted by atomic mass is 9.97. The van der Waals surface area contributed by atoms with Crippen LogP contribution in [-0.2, 0) is 9.59 Å². The minimum Gasteiger partial charge on any atom is -0.372 e. The summed E-state index contributed by atoms with van der Waals surface area (Å²) in [6.07, 6.45) is 4.27. The van der Waals surface area contributed by atoms with E-state index in [0.29, 0.717) is 13.1 Å². The first kappa shape index (κ1) is 20.4. The molecule has 6 nitrogen and oxygen atoms in total. The number of nitrogens with zero attached hydrogens (tertiary/aromatic N) is 2. The maximum absolute atomic E-state index is 12.6. The predicted molar refractivity (Wildman–Crippen MR) is 121 cm³/mol. The van der Waals surface area contributed by atoms with Crippen molar-refractivity contribution in [2.24, 2.45) is 5.92 Å². The molecule has 0 radical (unpaired) electrons. The van der Waals surface area contributed by atoms with E-state index in [4.69, 9.17) is 0 Å². The molecule has 1 atom stereocenters. The van der Waals surface area contributed by atoms with Crippen molar-refractivity contribution in [1.29, 1.82) is 0 Å². The van der Waals surface area contributed by atoms with Crippen molar-refractivity contribution < 1.29 is 9.59 Å². The molecule has 2 aliphatic rings. The zero-order valence-corrected chi connectivity index (χ0v) is 17.3. The molecule has 2 saturated heterocycles. The van der Waals surface area contributed by atoms with E-state index in [1.54, 1.807) is 0 Å². The van der Waals surface area contributed by atoms with Crippen LogP contribution in [0.3, 0.4) is 0 Å². The molecular formula is C24H30N4O2. The number of likely N-dealkylation sites (tertiary alicyclic amines) is 1. The Labute approximate surface area is 178 Å². The fourth-order valence-electron chi connectivity index (χ4n) is 4.31. The van der Waals surface area contributed by atoms with Crippen molar-refractivity contribution in [1.82, 2.24) is 4.90 Å². The van der Waals surface area contributed by atoms with Crippen LogP contribution in [0, 0.1) is 5.92 Å². The third-order valence-corrected chi connectivity index (χ3v) is 5.91. The zero-order chi connectivity index (χ0) is 20.8. The van der Waals surface area contributed by atoms with E-state index in [-0.39, 0.29) is 17.7 Å². The molecule has 1 unspecified atom stereocenters. The van der Waals surface area contributed by atoms with Crippen LogP contribution in [0.2, 0.25) is 0 Å². The van der Waals surface area contributed by atoms with Crippen molar-refractivity contribution >= 4 is 28.9 Å². The molecule has 6 heteroatoms. The molecule has 2 aromatic carbocycles. The molecule has 2 N–H and O–H groups in total. The Balaban J connectivity index is 1.26. The zero-order valence-electron chi connectivity index (χ0n) is 17.3. The van der Waals surface area contributed by atoms with Gasteiger partial charge < -0.3 is 15.5 Å². The van der Waals surface area contributed by atoms with E-state index in [1.165, 1.54) is 18.5 Å². The van der Waals surface area contributed by atoms with Gasteiger partial charge in [-0.25, -0.2) is 0 Å². The van der Waals surface area contributed by atoms with Crippen molar-refractivity contribution in [3.8, 4) is 0 Å². The standard InChI is InChI=1S/C24H30N4O2/c29-23(25-21-10-12-22(13-11-21)28-15-4-5-16-28)18-27-14-6-7-19(17-27)24(30)26-20-8-2-1-3-9-20/h1-3,8-13,19H,4-7,14-18H2,(H,25,29)(H,26,30). The largest absolute Gasteiger partial charge is 0.372 e. The monoisotopic (exact) mass is 406 g/mol. The number of hydrogen-bond acceptors (Lipinski definition) is 4. The fourth-order valence-corrected chi connectivity index (χ4v) is 4.31. The first-order valence-electron chi connectivity index (χ1n) is 10.9. The van der Waals surface area contributed by atoms with E-state index in [2.05, 4.69) is 32.6 Å². The molecule has 158 valence electrons. The molecule has 0 spiro atoms. The Hall–Kier alpha value is -2.86. The molecule has 30 heavy (non-hydrogen) atoms. The second-order valence-corrected chi connectivity index (χ2v) is 8.22. The predicted octanol–water partition coefficient (Wildman–Crippen LogP) is 3.58. The molecule has 4 rings (SSSR count). The van der Waals surface area contributed by atoms with Gasteiger partial charge in [0.05, 0.1) is 12.5 Å². The maximum Gasteiger partial charge on any atom is 0.238 e. The summed E-state index contributed by atoms with van der Waals surface area (Å²) in [5.74, 6) is -0.0941. The Morgan fingerprint density at radius 1 is 0.833 bits per heavy atom. The van der Waals surface area contributed by atoms with E-state index in [9.17, 15) is 9.59 Å². The number of amides is 2. The van der Waals surface area contributed by atoms with Gasteiger partial charge in [0.25, 0.3) is 0 Å². The average Bonchev–Trinajstić information content (AvgIpc) is 3.30. The van der Waals surface area contributed by atoms with Crippen LogP contribution in [0.1, 0.15) is 25.7 Å². The van der Waals surface area contributed by atoms with Crippen LogP contribution in [0.4, 0.5) is 17.1 Å². The third kappa shape index (κ3) is 5.39. The van der Waals surface area contributed by atoms with Crippen LogP contribution >= 0.6 is 0 Å². The van der Waals surface area contributed by atoms with Gasteiger partial charge in [-0.15, -0.1) is 0 Å². The van der Waals surface area contributed by atoms with Crippen LogP contribution in [0.25, 0.3) is 0 Å². The maximum atomic E-state index is 12.6. The van der Waals surface area contributed by atoms with Gasteiger partial charge in [0.15, 0.2) is 0 Å². The molecule has 2 aliphatic heterocycles. The molecule has 0 aromatic heterocycles. The lowest BCUT2D eigenvalue weighted by Gasteiger charge is -2.31. The highest BCUT2D eigenvalue weighted by Gasteiger charge is 2.27. The minimum atomic E-state index is -0.0912. The SMILES string of the molecule is O=C(CN1CCCC(C(=O)Nc2ccccc2)C1)Nc1ccc(N2CCCC2)cc1. The third-order valence-electron chi connectivity index (χ3n) is 5.91. The second kappa shape index (κ2) is 9.76. The van der Waals surface area contributed by atoms with E-state index >= 15 is 0 Å². The van der Waals surface area contributed by atoms with E-state index in [1.807, 2.05) is 42.5 Å². The van der Waals surface area contributed by atoms with Crippen LogP contribution in [-0.4, -0.2) is 49.4 Å². The first-order valence-corrected chi connectivity index (χ1v) is 10.9.